The smallest absolute Gasteiger partial charge is 0.339 e. The largest absolute Gasteiger partial charge is 0.545 e. The highest BCUT2D eigenvalue weighted by Crippen LogP contribution is 2.23. The Bertz CT molecular complexity index is 826. The molecule has 0 bridgehead atoms. The lowest BCUT2D eigenvalue weighted by Gasteiger charge is -2.24. The molecule has 122 valence electrons. The van der Waals surface area contributed by atoms with Gasteiger partial charge in [-0.25, -0.2) is 4.79 Å². The van der Waals surface area contributed by atoms with Gasteiger partial charge in [0, 0.05) is 12.1 Å². The van der Waals surface area contributed by atoms with Crippen molar-refractivity contribution >= 4 is 23.5 Å². The van der Waals surface area contributed by atoms with Crippen LogP contribution in [0.2, 0.25) is 0 Å². The predicted octanol–water partition coefficient (Wildman–Crippen LogP) is 1.08. The first-order valence-electron chi connectivity index (χ1n) is 7.37. The van der Waals surface area contributed by atoms with Crippen LogP contribution >= 0.6 is 0 Å². The summed E-state index contributed by atoms with van der Waals surface area (Å²) in [5.41, 5.74) is 2.63. The van der Waals surface area contributed by atoms with Crippen molar-refractivity contribution < 1.29 is 24.2 Å². The maximum atomic E-state index is 12.3. The van der Waals surface area contributed by atoms with Gasteiger partial charge in [0.25, 0.3) is 5.91 Å². The highest BCUT2D eigenvalue weighted by Gasteiger charge is 2.31. The molecule has 0 unspecified atom stereocenters. The number of carboxylic acid groups (broad SMARTS) is 1. The number of carbonyl (C=O) groups is 3. The summed E-state index contributed by atoms with van der Waals surface area (Å²) >= 11 is 0. The number of hydrogen-bond donors (Lipinski definition) is 1. The molecule has 0 saturated carbocycles. The van der Waals surface area contributed by atoms with Gasteiger partial charge in [0.15, 0.2) is 6.10 Å². The molecule has 6 heteroatoms. The van der Waals surface area contributed by atoms with Gasteiger partial charge in [-0.05, 0) is 36.2 Å². The number of anilines is 1. The monoisotopic (exact) mass is 324 g/mol. The Morgan fingerprint density at radius 1 is 1.17 bits per heavy atom. The molecule has 0 fully saturated rings. The van der Waals surface area contributed by atoms with Crippen LogP contribution in [0.3, 0.4) is 0 Å². The Morgan fingerprint density at radius 2 is 1.88 bits per heavy atom. The minimum absolute atomic E-state index is 0.0152. The average molecular weight is 324 g/mol. The van der Waals surface area contributed by atoms with E-state index in [0.29, 0.717) is 17.7 Å². The minimum atomic E-state index is -1.29. The molecule has 1 N–H and O–H groups in total. The first-order chi connectivity index (χ1) is 11.4. The molecule has 0 aliphatic carbocycles. The Morgan fingerprint density at radius 3 is 2.54 bits per heavy atom. The first-order valence-corrected chi connectivity index (χ1v) is 7.37. The van der Waals surface area contributed by atoms with Crippen molar-refractivity contribution in [2.75, 3.05) is 5.32 Å². The van der Waals surface area contributed by atoms with Crippen molar-refractivity contribution in [3.63, 3.8) is 0 Å². The molecule has 1 heterocycles. The number of hydrogen-bond acceptors (Lipinski definition) is 5. The third kappa shape index (κ3) is 3.12. The van der Waals surface area contributed by atoms with E-state index >= 15 is 0 Å². The number of ether oxygens (including phenoxy) is 1. The lowest BCUT2D eigenvalue weighted by molar-refractivity contribution is -0.255. The minimum Gasteiger partial charge on any atom is -0.545 e. The van der Waals surface area contributed by atoms with Gasteiger partial charge in [-0.3, -0.25) is 4.79 Å². The highest BCUT2D eigenvalue weighted by atomic mass is 16.5. The quantitative estimate of drug-likeness (QED) is 0.852. The molecule has 1 aliphatic rings. The van der Waals surface area contributed by atoms with Crippen LogP contribution in [-0.4, -0.2) is 23.9 Å². The number of rotatable bonds is 3. The van der Waals surface area contributed by atoms with Crippen LogP contribution in [0, 0.1) is 6.92 Å². The van der Waals surface area contributed by atoms with Gasteiger partial charge in [-0.15, -0.1) is 0 Å². The molecule has 1 aliphatic heterocycles. The zero-order valence-corrected chi connectivity index (χ0v) is 12.9. The third-order valence-electron chi connectivity index (χ3n) is 3.82. The van der Waals surface area contributed by atoms with Crippen LogP contribution in [-0.2, 0) is 16.0 Å². The molecule has 0 saturated heterocycles. The number of esters is 1. The molecule has 2 aromatic rings. The van der Waals surface area contributed by atoms with Crippen molar-refractivity contribution in [1.29, 1.82) is 0 Å². The topological polar surface area (TPSA) is 95.5 Å². The summed E-state index contributed by atoms with van der Waals surface area (Å²) < 4.78 is 5.21. The molecule has 1 atom stereocenters. The summed E-state index contributed by atoms with van der Waals surface area (Å²) in [6.45, 7) is 1.88. The summed E-state index contributed by atoms with van der Waals surface area (Å²) in [5.74, 6) is -2.27. The number of amides is 1. The molecule has 3 rings (SSSR count). The SMILES string of the molecule is Cc1ccc2c(c1)C(=O)O[C@H](C(=O)Nc1ccc(C(=O)[O-])cc1)C2. The Balaban J connectivity index is 1.73. The third-order valence-corrected chi connectivity index (χ3v) is 3.82. The van der Waals surface area contributed by atoms with Crippen LogP contribution < -0.4 is 10.4 Å². The fourth-order valence-corrected chi connectivity index (χ4v) is 2.55. The van der Waals surface area contributed by atoms with E-state index in [0.717, 1.165) is 11.1 Å². The number of carbonyl (C=O) groups excluding carboxylic acids is 3. The normalized spacial score (nSPS) is 16.0. The zero-order valence-electron chi connectivity index (χ0n) is 12.9. The maximum absolute atomic E-state index is 12.3. The van der Waals surface area contributed by atoms with Crippen LogP contribution in [0.25, 0.3) is 0 Å². The van der Waals surface area contributed by atoms with Gasteiger partial charge in [0.05, 0.1) is 11.5 Å². The van der Waals surface area contributed by atoms with E-state index in [4.69, 9.17) is 4.74 Å². The fraction of sp³-hybridized carbons (Fsp3) is 0.167. The number of carboxylic acids is 1. The number of benzene rings is 2. The average Bonchev–Trinajstić information content (AvgIpc) is 2.55. The van der Waals surface area contributed by atoms with Crippen LogP contribution in [0.1, 0.15) is 31.8 Å². The summed E-state index contributed by atoms with van der Waals surface area (Å²) in [7, 11) is 0. The second kappa shape index (κ2) is 6.16. The lowest BCUT2D eigenvalue weighted by atomic mass is 9.96. The Hall–Kier alpha value is -3.15. The lowest BCUT2D eigenvalue weighted by Crippen LogP contribution is -2.38. The van der Waals surface area contributed by atoms with Crippen molar-refractivity contribution in [2.45, 2.75) is 19.4 Å². The van der Waals surface area contributed by atoms with E-state index in [1.165, 1.54) is 24.3 Å². The molecule has 24 heavy (non-hydrogen) atoms. The number of fused-ring (bicyclic) bond motifs is 1. The molecule has 0 radical (unpaired) electrons. The molecule has 6 nitrogen and oxygen atoms in total. The molecule has 0 aromatic heterocycles. The maximum Gasteiger partial charge on any atom is 0.339 e. The molecular formula is C18H14NO5-. The van der Waals surface area contributed by atoms with E-state index in [9.17, 15) is 19.5 Å². The van der Waals surface area contributed by atoms with Gasteiger partial charge in [0.1, 0.15) is 0 Å². The van der Waals surface area contributed by atoms with E-state index in [2.05, 4.69) is 5.32 Å². The Kier molecular flexibility index (Phi) is 4.04. The molecule has 2 aromatic carbocycles. The predicted molar refractivity (Wildman–Crippen MR) is 83.5 cm³/mol. The summed E-state index contributed by atoms with van der Waals surface area (Å²) in [5, 5.41) is 13.3. The summed E-state index contributed by atoms with van der Waals surface area (Å²) in [6, 6.07) is 11.0. The van der Waals surface area contributed by atoms with Gasteiger partial charge in [-0.2, -0.15) is 0 Å². The highest BCUT2D eigenvalue weighted by molar-refractivity contribution is 6.00. The van der Waals surface area contributed by atoms with Crippen molar-refractivity contribution in [3.8, 4) is 0 Å². The molecular weight excluding hydrogens is 310 g/mol. The zero-order chi connectivity index (χ0) is 17.3. The Labute approximate surface area is 138 Å². The fourth-order valence-electron chi connectivity index (χ4n) is 2.55. The standard InChI is InChI=1S/C18H15NO5/c1-10-2-3-12-9-15(24-18(23)14(12)8-10)16(20)19-13-6-4-11(5-7-13)17(21)22/h2-8,15H,9H2,1H3,(H,19,20)(H,21,22)/p-1/t15-/m0/s1. The van der Waals surface area contributed by atoms with Crippen molar-refractivity contribution in [1.82, 2.24) is 0 Å². The summed E-state index contributed by atoms with van der Waals surface area (Å²) in [4.78, 5) is 35.0. The van der Waals surface area contributed by atoms with E-state index < -0.39 is 23.9 Å². The second-order valence-corrected chi connectivity index (χ2v) is 5.61. The van der Waals surface area contributed by atoms with Crippen LogP contribution in [0.4, 0.5) is 5.69 Å². The van der Waals surface area contributed by atoms with Crippen LogP contribution in [0.15, 0.2) is 42.5 Å². The van der Waals surface area contributed by atoms with Crippen molar-refractivity contribution in [3.05, 3.63) is 64.7 Å². The first kappa shape index (κ1) is 15.7. The number of nitrogens with one attached hydrogen (secondary N) is 1. The van der Waals surface area contributed by atoms with E-state index in [1.54, 1.807) is 6.07 Å². The second-order valence-electron chi connectivity index (χ2n) is 5.61. The van der Waals surface area contributed by atoms with E-state index in [1.807, 2.05) is 19.1 Å². The van der Waals surface area contributed by atoms with Gasteiger partial charge >= 0.3 is 5.97 Å². The van der Waals surface area contributed by atoms with E-state index in [-0.39, 0.29) is 5.56 Å². The van der Waals surface area contributed by atoms with Gasteiger partial charge in [0.2, 0.25) is 0 Å². The van der Waals surface area contributed by atoms with Crippen LogP contribution in [0.5, 0.6) is 0 Å². The summed E-state index contributed by atoms with van der Waals surface area (Å²) in [6.07, 6.45) is -0.627. The van der Waals surface area contributed by atoms with Crippen molar-refractivity contribution in [2.24, 2.45) is 0 Å². The van der Waals surface area contributed by atoms with Gasteiger partial charge in [-0.1, -0.05) is 29.8 Å². The van der Waals surface area contributed by atoms with Gasteiger partial charge < -0.3 is 20.0 Å². The number of aryl methyl sites for hydroxylation is 1. The number of aromatic carboxylic acids is 1. The molecule has 0 spiro atoms. The number of cyclic esters (lactones) is 1. The molecule has 1 amide bonds.